The average molecular weight is 472 g/mol. The maximum atomic E-state index is 13.5. The molecule has 0 saturated heterocycles. The summed E-state index contributed by atoms with van der Waals surface area (Å²) in [5, 5.41) is 5.03. The summed E-state index contributed by atoms with van der Waals surface area (Å²) < 4.78 is 6.11. The Hall–Kier alpha value is -2.54. The molecule has 1 aliphatic heterocycles. The van der Waals surface area contributed by atoms with E-state index in [9.17, 15) is 9.59 Å². The number of nitrogens with zero attached hydrogens (tertiary/aromatic N) is 2. The first kappa shape index (κ1) is 25.1. The minimum Gasteiger partial charge on any atom is -0.491 e. The maximum Gasteiger partial charge on any atom is 0.318 e. The Kier molecular flexibility index (Phi) is 8.78. The first-order chi connectivity index (χ1) is 15.7. The van der Waals surface area contributed by atoms with Crippen LogP contribution in [-0.4, -0.2) is 54.0 Å². The number of carbonyl (C=O) groups is 2. The van der Waals surface area contributed by atoms with Gasteiger partial charge in [0, 0.05) is 24.0 Å². The predicted molar refractivity (Wildman–Crippen MR) is 134 cm³/mol. The van der Waals surface area contributed by atoms with Crippen LogP contribution in [0.15, 0.2) is 35.7 Å². The molecule has 0 spiro atoms. The summed E-state index contributed by atoms with van der Waals surface area (Å²) in [6, 6.07) is 9.75. The molecule has 180 valence electrons. The van der Waals surface area contributed by atoms with Crippen molar-refractivity contribution in [3.63, 3.8) is 0 Å². The minimum atomic E-state index is -0.181. The van der Waals surface area contributed by atoms with Gasteiger partial charge in [0.2, 0.25) is 5.91 Å². The van der Waals surface area contributed by atoms with E-state index in [1.165, 1.54) is 10.4 Å². The van der Waals surface area contributed by atoms with Gasteiger partial charge < -0.3 is 19.9 Å². The molecule has 1 aliphatic rings. The molecule has 3 amide bonds. The van der Waals surface area contributed by atoms with E-state index in [1.807, 2.05) is 49.9 Å². The van der Waals surface area contributed by atoms with Crippen LogP contribution >= 0.6 is 11.3 Å². The van der Waals surface area contributed by atoms with Crippen molar-refractivity contribution in [2.24, 2.45) is 5.92 Å². The quantitative estimate of drug-likeness (QED) is 0.558. The molecule has 6 nitrogen and oxygen atoms in total. The van der Waals surface area contributed by atoms with E-state index in [4.69, 9.17) is 4.74 Å². The largest absolute Gasteiger partial charge is 0.491 e. The summed E-state index contributed by atoms with van der Waals surface area (Å²) >= 11 is 1.74. The second-order valence-corrected chi connectivity index (χ2v) is 10.5. The van der Waals surface area contributed by atoms with E-state index in [1.54, 1.807) is 16.2 Å². The zero-order chi connectivity index (χ0) is 24.0. The van der Waals surface area contributed by atoms with Crippen LogP contribution in [0.1, 0.15) is 56.2 Å². The lowest BCUT2D eigenvalue weighted by Gasteiger charge is -2.37. The topological polar surface area (TPSA) is 61.9 Å². The Morgan fingerprint density at radius 1 is 1.18 bits per heavy atom. The van der Waals surface area contributed by atoms with Crippen molar-refractivity contribution in [1.82, 2.24) is 15.1 Å². The van der Waals surface area contributed by atoms with E-state index in [0.29, 0.717) is 25.6 Å². The van der Waals surface area contributed by atoms with Gasteiger partial charge in [0.1, 0.15) is 18.9 Å². The smallest absolute Gasteiger partial charge is 0.318 e. The van der Waals surface area contributed by atoms with Gasteiger partial charge in [-0.2, -0.15) is 0 Å². The van der Waals surface area contributed by atoms with Crippen molar-refractivity contribution in [3.05, 3.63) is 51.7 Å². The number of aryl methyl sites for hydroxylation is 1. The zero-order valence-corrected chi connectivity index (χ0v) is 21.3. The summed E-state index contributed by atoms with van der Waals surface area (Å²) in [4.78, 5) is 31.1. The van der Waals surface area contributed by atoms with E-state index in [2.05, 4.69) is 30.6 Å². The fourth-order valence-corrected chi connectivity index (χ4v) is 4.87. The summed E-state index contributed by atoms with van der Waals surface area (Å²) in [6.45, 7) is 11.8. The molecule has 1 atom stereocenters. The first-order valence-electron chi connectivity index (χ1n) is 11.8. The second kappa shape index (κ2) is 11.5. The number of hydrogen-bond donors (Lipinski definition) is 1. The van der Waals surface area contributed by atoms with Crippen molar-refractivity contribution in [2.75, 3.05) is 26.2 Å². The normalized spacial score (nSPS) is 15.5. The lowest BCUT2D eigenvalue weighted by atomic mass is 10.0. The van der Waals surface area contributed by atoms with Gasteiger partial charge in [0.05, 0.1) is 6.04 Å². The molecule has 1 aromatic heterocycles. The van der Waals surface area contributed by atoms with E-state index in [-0.39, 0.29) is 30.6 Å². The van der Waals surface area contributed by atoms with Crippen LogP contribution in [0.25, 0.3) is 0 Å². The van der Waals surface area contributed by atoms with Crippen LogP contribution in [0, 0.1) is 12.8 Å². The van der Waals surface area contributed by atoms with Gasteiger partial charge in [-0.25, -0.2) is 4.79 Å². The third kappa shape index (κ3) is 6.97. The Balaban J connectivity index is 1.74. The molecule has 3 rings (SSSR count). The molecular weight excluding hydrogens is 434 g/mol. The van der Waals surface area contributed by atoms with Crippen molar-refractivity contribution in [1.29, 1.82) is 0 Å². The molecule has 0 unspecified atom stereocenters. The van der Waals surface area contributed by atoms with Crippen LogP contribution in [0.4, 0.5) is 4.79 Å². The number of urea groups is 1. The Labute approximate surface area is 201 Å². The van der Waals surface area contributed by atoms with Crippen molar-refractivity contribution in [2.45, 2.75) is 59.5 Å². The summed E-state index contributed by atoms with van der Waals surface area (Å²) in [6.07, 6.45) is 1.69. The van der Waals surface area contributed by atoms with Crippen LogP contribution < -0.4 is 10.1 Å². The second-order valence-electron chi connectivity index (χ2n) is 9.48. The number of fused-ring (bicyclic) bond motifs is 1. The highest BCUT2D eigenvalue weighted by molar-refractivity contribution is 7.10. The Morgan fingerprint density at radius 3 is 2.58 bits per heavy atom. The number of thiophene rings is 1. The fourth-order valence-electron chi connectivity index (χ4n) is 3.94. The number of carbonyl (C=O) groups excluding carboxylic acids is 2. The van der Waals surface area contributed by atoms with Crippen LogP contribution in [0.2, 0.25) is 0 Å². The molecule has 2 aromatic rings. The monoisotopic (exact) mass is 471 g/mol. The highest BCUT2D eigenvalue weighted by atomic mass is 32.1. The lowest BCUT2D eigenvalue weighted by Crippen LogP contribution is -2.51. The molecule has 0 fully saturated rings. The molecule has 0 radical (unpaired) electrons. The number of benzene rings is 1. The Bertz CT molecular complexity index is 923. The molecule has 0 aliphatic carbocycles. The van der Waals surface area contributed by atoms with Crippen molar-refractivity contribution in [3.8, 4) is 5.75 Å². The number of nitrogens with one attached hydrogen (secondary N) is 1. The third-order valence-corrected chi connectivity index (χ3v) is 6.84. The van der Waals surface area contributed by atoms with Crippen molar-refractivity contribution < 1.29 is 14.3 Å². The fraction of sp³-hybridized carbons (Fsp3) is 0.538. The molecule has 0 bridgehead atoms. The van der Waals surface area contributed by atoms with Crippen LogP contribution in [0.3, 0.4) is 0 Å². The Morgan fingerprint density at radius 2 is 1.91 bits per heavy atom. The number of hydrogen-bond acceptors (Lipinski definition) is 4. The molecular formula is C26H37N3O3S. The molecule has 7 heteroatoms. The molecule has 2 heterocycles. The van der Waals surface area contributed by atoms with Gasteiger partial charge in [-0.05, 0) is 68.7 Å². The number of amides is 3. The molecule has 1 aromatic carbocycles. The van der Waals surface area contributed by atoms with Gasteiger partial charge in [-0.3, -0.25) is 4.79 Å². The highest BCUT2D eigenvalue weighted by Crippen LogP contribution is 2.34. The number of rotatable bonds is 9. The first-order valence-corrected chi connectivity index (χ1v) is 12.7. The highest BCUT2D eigenvalue weighted by Gasteiger charge is 2.33. The average Bonchev–Trinajstić information content (AvgIpc) is 3.24. The van der Waals surface area contributed by atoms with Crippen LogP contribution in [0.5, 0.6) is 5.75 Å². The summed E-state index contributed by atoms with van der Waals surface area (Å²) in [7, 11) is 0. The van der Waals surface area contributed by atoms with Gasteiger partial charge in [0.15, 0.2) is 0 Å². The van der Waals surface area contributed by atoms with E-state index < -0.39 is 0 Å². The predicted octanol–water partition coefficient (Wildman–Crippen LogP) is 5.03. The molecule has 0 saturated carbocycles. The van der Waals surface area contributed by atoms with Gasteiger partial charge in [-0.15, -0.1) is 11.3 Å². The third-order valence-electron chi connectivity index (χ3n) is 5.85. The number of ether oxygens (including phenoxy) is 1. The van der Waals surface area contributed by atoms with Gasteiger partial charge in [0.25, 0.3) is 0 Å². The SMILES string of the molecule is Cc1ccc(OC[C@H]2c3ccsc3CCN2C(=O)CN(CCC(C)C)C(=O)NC(C)C)cc1. The van der Waals surface area contributed by atoms with E-state index in [0.717, 1.165) is 24.2 Å². The van der Waals surface area contributed by atoms with E-state index >= 15 is 0 Å². The summed E-state index contributed by atoms with van der Waals surface area (Å²) in [5.41, 5.74) is 2.34. The molecule has 33 heavy (non-hydrogen) atoms. The van der Waals surface area contributed by atoms with Gasteiger partial charge >= 0.3 is 6.03 Å². The zero-order valence-electron chi connectivity index (χ0n) is 20.5. The molecule has 1 N–H and O–H groups in total. The summed E-state index contributed by atoms with van der Waals surface area (Å²) in [5.74, 6) is 1.21. The van der Waals surface area contributed by atoms with Crippen LogP contribution in [-0.2, 0) is 11.2 Å². The lowest BCUT2D eigenvalue weighted by molar-refractivity contribution is -0.135. The minimum absolute atomic E-state index is 0.0214. The standard InChI is InChI=1S/C26H37N3O3S/c1-18(2)10-13-28(26(31)27-19(3)4)16-25(30)29-14-11-24-22(12-15-33-24)23(29)17-32-21-8-6-20(5)7-9-21/h6-9,12,15,18-19,23H,10-11,13-14,16-17H2,1-5H3,(H,27,31)/t23-/m0/s1. The maximum absolute atomic E-state index is 13.5. The van der Waals surface area contributed by atoms with Crippen molar-refractivity contribution >= 4 is 23.3 Å². The van der Waals surface area contributed by atoms with Gasteiger partial charge in [-0.1, -0.05) is 31.5 Å².